The van der Waals surface area contributed by atoms with Crippen LogP contribution >= 0.6 is 12.2 Å². The lowest BCUT2D eigenvalue weighted by Crippen LogP contribution is -2.24. The second-order valence-corrected chi connectivity index (χ2v) is 3.83. The van der Waals surface area contributed by atoms with E-state index < -0.39 is 0 Å². The van der Waals surface area contributed by atoms with E-state index in [1.54, 1.807) is 6.20 Å². The summed E-state index contributed by atoms with van der Waals surface area (Å²) in [5.74, 6) is -0.0423. The zero-order valence-electron chi connectivity index (χ0n) is 8.86. The average Bonchev–Trinajstić information content (AvgIpc) is 2.55. The molecule has 16 heavy (non-hydrogen) atoms. The SMILES string of the molecule is CC(=O)NCCn1c(=S)[nH]c2cccnc21. The predicted molar refractivity (Wildman–Crippen MR) is 63.6 cm³/mol. The lowest BCUT2D eigenvalue weighted by atomic mass is 10.4. The second-order valence-electron chi connectivity index (χ2n) is 3.44. The van der Waals surface area contributed by atoms with Crippen molar-refractivity contribution < 1.29 is 4.79 Å². The van der Waals surface area contributed by atoms with Gasteiger partial charge in [-0.15, -0.1) is 0 Å². The summed E-state index contributed by atoms with van der Waals surface area (Å²) in [4.78, 5) is 18.1. The Bertz CT molecular complexity index is 571. The number of hydrogen-bond acceptors (Lipinski definition) is 3. The van der Waals surface area contributed by atoms with Gasteiger partial charge in [0, 0.05) is 26.2 Å². The predicted octanol–water partition coefficient (Wildman–Crippen LogP) is 1.23. The molecule has 0 saturated heterocycles. The molecule has 84 valence electrons. The van der Waals surface area contributed by atoms with Crippen LogP contribution in [0.25, 0.3) is 11.2 Å². The summed E-state index contributed by atoms with van der Waals surface area (Å²) < 4.78 is 2.50. The molecule has 0 spiro atoms. The molecule has 5 nitrogen and oxygen atoms in total. The van der Waals surface area contributed by atoms with Gasteiger partial charge in [0.1, 0.15) is 0 Å². The van der Waals surface area contributed by atoms with Crippen LogP contribution in [0.2, 0.25) is 0 Å². The van der Waals surface area contributed by atoms with E-state index in [-0.39, 0.29) is 5.91 Å². The van der Waals surface area contributed by atoms with Crippen LogP contribution in [0.3, 0.4) is 0 Å². The summed E-state index contributed by atoms with van der Waals surface area (Å²) in [5.41, 5.74) is 1.73. The Morgan fingerprint density at radius 1 is 1.69 bits per heavy atom. The first-order valence-corrected chi connectivity index (χ1v) is 5.37. The molecule has 1 amide bonds. The van der Waals surface area contributed by atoms with Crippen LogP contribution in [0.15, 0.2) is 18.3 Å². The lowest BCUT2D eigenvalue weighted by molar-refractivity contribution is -0.118. The third kappa shape index (κ3) is 2.11. The van der Waals surface area contributed by atoms with E-state index in [4.69, 9.17) is 12.2 Å². The number of fused-ring (bicyclic) bond motifs is 1. The molecule has 0 aliphatic heterocycles. The highest BCUT2D eigenvalue weighted by Crippen LogP contribution is 2.09. The van der Waals surface area contributed by atoms with Crippen LogP contribution in [0.5, 0.6) is 0 Å². The van der Waals surface area contributed by atoms with Crippen LogP contribution in [0.4, 0.5) is 0 Å². The normalized spacial score (nSPS) is 10.6. The number of H-pyrrole nitrogens is 1. The molecule has 2 N–H and O–H groups in total. The summed E-state index contributed by atoms with van der Waals surface area (Å²) in [5, 5.41) is 2.73. The molecule has 0 fully saturated rings. The monoisotopic (exact) mass is 236 g/mol. The minimum atomic E-state index is -0.0423. The Labute approximate surface area is 97.5 Å². The highest BCUT2D eigenvalue weighted by molar-refractivity contribution is 7.71. The van der Waals surface area contributed by atoms with E-state index in [0.29, 0.717) is 17.9 Å². The zero-order chi connectivity index (χ0) is 11.5. The second kappa shape index (κ2) is 4.44. The van der Waals surface area contributed by atoms with Crippen molar-refractivity contribution in [2.45, 2.75) is 13.5 Å². The topological polar surface area (TPSA) is 62.7 Å². The van der Waals surface area contributed by atoms with E-state index in [9.17, 15) is 4.79 Å². The summed E-state index contributed by atoms with van der Waals surface area (Å²) in [6, 6.07) is 3.78. The van der Waals surface area contributed by atoms with Gasteiger partial charge < -0.3 is 10.3 Å². The molecule has 0 saturated carbocycles. The number of nitrogens with zero attached hydrogens (tertiary/aromatic N) is 2. The minimum Gasteiger partial charge on any atom is -0.355 e. The first-order chi connectivity index (χ1) is 7.68. The van der Waals surface area contributed by atoms with Crippen molar-refractivity contribution >= 4 is 29.3 Å². The molecule has 2 rings (SSSR count). The van der Waals surface area contributed by atoms with E-state index in [1.807, 2.05) is 16.7 Å². The highest BCUT2D eigenvalue weighted by Gasteiger charge is 2.04. The van der Waals surface area contributed by atoms with Crippen LogP contribution < -0.4 is 5.32 Å². The standard InChI is InChI=1S/C10H12N4OS/c1-7(15)11-5-6-14-9-8(13-10(14)16)3-2-4-12-9/h2-4H,5-6H2,1H3,(H,11,15)(H,13,16). The summed E-state index contributed by atoms with van der Waals surface area (Å²) in [6.07, 6.45) is 1.72. The minimum absolute atomic E-state index is 0.0423. The molecular weight excluding hydrogens is 224 g/mol. The average molecular weight is 236 g/mol. The maximum absolute atomic E-state index is 10.8. The number of carbonyl (C=O) groups is 1. The quantitative estimate of drug-likeness (QED) is 0.788. The Hall–Kier alpha value is -1.69. The zero-order valence-corrected chi connectivity index (χ0v) is 9.67. The first-order valence-electron chi connectivity index (χ1n) is 4.96. The molecule has 0 aliphatic carbocycles. The molecule has 0 unspecified atom stereocenters. The van der Waals surface area contributed by atoms with Gasteiger partial charge in [0.05, 0.1) is 5.52 Å². The molecule has 6 heteroatoms. The van der Waals surface area contributed by atoms with Crippen molar-refractivity contribution in [1.82, 2.24) is 19.9 Å². The molecule has 0 radical (unpaired) electrons. The van der Waals surface area contributed by atoms with Crippen molar-refractivity contribution in [1.29, 1.82) is 0 Å². The number of pyridine rings is 1. The van der Waals surface area contributed by atoms with Crippen molar-refractivity contribution in [2.75, 3.05) is 6.54 Å². The van der Waals surface area contributed by atoms with Crippen molar-refractivity contribution in [3.8, 4) is 0 Å². The molecule has 0 aliphatic rings. The molecule has 0 aromatic carbocycles. The Morgan fingerprint density at radius 2 is 2.50 bits per heavy atom. The van der Waals surface area contributed by atoms with Crippen molar-refractivity contribution in [2.24, 2.45) is 0 Å². The van der Waals surface area contributed by atoms with Crippen LogP contribution in [0.1, 0.15) is 6.92 Å². The number of amides is 1. The Balaban J connectivity index is 2.26. The van der Waals surface area contributed by atoms with Gasteiger partial charge in [-0.2, -0.15) is 0 Å². The van der Waals surface area contributed by atoms with E-state index in [0.717, 1.165) is 11.2 Å². The fourth-order valence-electron chi connectivity index (χ4n) is 1.54. The third-order valence-electron chi connectivity index (χ3n) is 2.24. The number of imidazole rings is 1. The number of carbonyl (C=O) groups excluding carboxylic acids is 1. The van der Waals surface area contributed by atoms with Gasteiger partial charge in [0.25, 0.3) is 0 Å². The first kappa shape index (κ1) is 10.8. The Morgan fingerprint density at radius 3 is 3.25 bits per heavy atom. The largest absolute Gasteiger partial charge is 0.355 e. The van der Waals surface area contributed by atoms with E-state index >= 15 is 0 Å². The fraction of sp³-hybridized carbons (Fsp3) is 0.300. The number of rotatable bonds is 3. The molecule has 2 aromatic rings. The Kier molecular flexibility index (Phi) is 3.00. The van der Waals surface area contributed by atoms with Gasteiger partial charge in [-0.3, -0.25) is 9.36 Å². The fourth-order valence-corrected chi connectivity index (χ4v) is 1.83. The van der Waals surface area contributed by atoms with E-state index in [1.165, 1.54) is 6.92 Å². The maximum Gasteiger partial charge on any atom is 0.216 e. The van der Waals surface area contributed by atoms with Crippen LogP contribution in [-0.4, -0.2) is 27.0 Å². The van der Waals surface area contributed by atoms with Crippen LogP contribution in [0, 0.1) is 4.77 Å². The molecule has 0 bridgehead atoms. The molecule has 0 atom stereocenters. The summed E-state index contributed by atoms with van der Waals surface area (Å²) in [7, 11) is 0. The lowest BCUT2D eigenvalue weighted by Gasteiger charge is -2.03. The van der Waals surface area contributed by atoms with Gasteiger partial charge >= 0.3 is 0 Å². The van der Waals surface area contributed by atoms with Crippen molar-refractivity contribution in [3.05, 3.63) is 23.1 Å². The van der Waals surface area contributed by atoms with Gasteiger partial charge in [0.2, 0.25) is 5.91 Å². The van der Waals surface area contributed by atoms with Crippen molar-refractivity contribution in [3.63, 3.8) is 0 Å². The van der Waals surface area contributed by atoms with Crippen LogP contribution in [-0.2, 0) is 11.3 Å². The summed E-state index contributed by atoms with van der Waals surface area (Å²) >= 11 is 5.19. The van der Waals surface area contributed by atoms with Gasteiger partial charge in [-0.25, -0.2) is 4.98 Å². The maximum atomic E-state index is 10.8. The van der Waals surface area contributed by atoms with Gasteiger partial charge in [0.15, 0.2) is 10.4 Å². The van der Waals surface area contributed by atoms with E-state index in [2.05, 4.69) is 15.3 Å². The number of hydrogen-bond donors (Lipinski definition) is 2. The molecule has 2 aromatic heterocycles. The van der Waals surface area contributed by atoms with Gasteiger partial charge in [-0.05, 0) is 24.4 Å². The molecule has 2 heterocycles. The highest BCUT2D eigenvalue weighted by atomic mass is 32.1. The third-order valence-corrected chi connectivity index (χ3v) is 2.56. The number of aromatic nitrogens is 3. The summed E-state index contributed by atoms with van der Waals surface area (Å²) in [6.45, 7) is 2.66. The number of nitrogens with one attached hydrogen (secondary N) is 2. The smallest absolute Gasteiger partial charge is 0.216 e. The van der Waals surface area contributed by atoms with Gasteiger partial charge in [-0.1, -0.05) is 0 Å². The number of aromatic amines is 1. The molecular formula is C10H12N4OS.